The average molecular weight is 258 g/mol. The predicted octanol–water partition coefficient (Wildman–Crippen LogP) is 2.91. The van der Waals surface area contributed by atoms with Crippen molar-refractivity contribution in [1.29, 1.82) is 0 Å². The molecule has 1 aromatic carbocycles. The number of hydrogen-bond acceptors (Lipinski definition) is 3. The number of rotatable bonds is 5. The number of carbonyl (C=O) groups excluding carboxylic acids is 1. The summed E-state index contributed by atoms with van der Waals surface area (Å²) >= 11 is 0. The topological polar surface area (TPSA) is 70.7 Å². The Bertz CT molecular complexity index is 545. The molecule has 1 heterocycles. The zero-order valence-electron chi connectivity index (χ0n) is 11.2. The van der Waals surface area contributed by atoms with Gasteiger partial charge in [-0.25, -0.2) is 4.98 Å². The molecule has 0 saturated carbocycles. The van der Waals surface area contributed by atoms with E-state index in [0.717, 1.165) is 29.9 Å². The number of aromatic nitrogens is 3. The molecule has 0 fully saturated rings. The lowest BCUT2D eigenvalue weighted by Gasteiger charge is -2.05. The van der Waals surface area contributed by atoms with Crippen molar-refractivity contribution < 1.29 is 4.79 Å². The maximum Gasteiger partial charge on any atom is 0.224 e. The highest BCUT2D eigenvalue weighted by Crippen LogP contribution is 2.18. The van der Waals surface area contributed by atoms with E-state index < -0.39 is 0 Å². The molecule has 100 valence electrons. The van der Waals surface area contributed by atoms with Crippen molar-refractivity contribution in [1.82, 2.24) is 15.2 Å². The molecule has 0 saturated heterocycles. The molecule has 2 N–H and O–H groups in total. The largest absolute Gasteiger partial charge is 0.326 e. The highest BCUT2D eigenvalue weighted by Gasteiger charge is 2.05. The van der Waals surface area contributed by atoms with Crippen molar-refractivity contribution in [3.8, 4) is 11.4 Å². The highest BCUT2D eigenvalue weighted by molar-refractivity contribution is 5.90. The van der Waals surface area contributed by atoms with Gasteiger partial charge in [-0.05, 0) is 37.6 Å². The van der Waals surface area contributed by atoms with E-state index in [-0.39, 0.29) is 5.91 Å². The standard InChI is InChI=1S/C14H18N4O/c1-3-4-5-13(19)16-12-8-6-11(7-9-12)14-15-10(2)17-18-14/h6-9H,3-5H2,1-2H3,(H,16,19)(H,15,17,18). The van der Waals surface area contributed by atoms with Gasteiger partial charge >= 0.3 is 0 Å². The molecular formula is C14H18N4O. The molecule has 5 nitrogen and oxygen atoms in total. The van der Waals surface area contributed by atoms with Gasteiger partial charge in [0.1, 0.15) is 5.82 Å². The van der Waals surface area contributed by atoms with E-state index in [0.29, 0.717) is 12.2 Å². The number of aryl methyl sites for hydroxylation is 1. The Labute approximate surface area is 112 Å². The van der Waals surface area contributed by atoms with Crippen molar-refractivity contribution in [2.45, 2.75) is 33.1 Å². The number of amides is 1. The van der Waals surface area contributed by atoms with Crippen molar-refractivity contribution in [3.05, 3.63) is 30.1 Å². The number of anilines is 1. The van der Waals surface area contributed by atoms with Crippen molar-refractivity contribution in [2.24, 2.45) is 0 Å². The first kappa shape index (κ1) is 13.3. The Hall–Kier alpha value is -2.17. The van der Waals surface area contributed by atoms with Crippen molar-refractivity contribution >= 4 is 11.6 Å². The van der Waals surface area contributed by atoms with E-state index in [2.05, 4.69) is 27.4 Å². The lowest BCUT2D eigenvalue weighted by atomic mass is 10.2. The number of benzene rings is 1. The maximum atomic E-state index is 11.6. The Morgan fingerprint density at radius 3 is 2.63 bits per heavy atom. The average Bonchev–Trinajstić information content (AvgIpc) is 2.84. The molecule has 0 spiro atoms. The van der Waals surface area contributed by atoms with Gasteiger partial charge in [0.05, 0.1) is 0 Å². The van der Waals surface area contributed by atoms with Crippen LogP contribution in [-0.4, -0.2) is 21.1 Å². The fraction of sp³-hybridized carbons (Fsp3) is 0.357. The summed E-state index contributed by atoms with van der Waals surface area (Å²) < 4.78 is 0. The van der Waals surface area contributed by atoms with Crippen LogP contribution in [0, 0.1) is 6.92 Å². The normalized spacial score (nSPS) is 10.4. The highest BCUT2D eigenvalue weighted by atomic mass is 16.1. The number of nitrogens with one attached hydrogen (secondary N) is 2. The summed E-state index contributed by atoms with van der Waals surface area (Å²) in [6.07, 6.45) is 2.51. The van der Waals surface area contributed by atoms with Gasteiger partial charge in [0.25, 0.3) is 0 Å². The number of carbonyl (C=O) groups is 1. The molecule has 0 aliphatic carbocycles. The van der Waals surface area contributed by atoms with Crippen LogP contribution in [0.2, 0.25) is 0 Å². The minimum absolute atomic E-state index is 0.0586. The molecule has 5 heteroatoms. The molecule has 19 heavy (non-hydrogen) atoms. The Morgan fingerprint density at radius 1 is 1.32 bits per heavy atom. The Morgan fingerprint density at radius 2 is 2.05 bits per heavy atom. The second kappa shape index (κ2) is 6.13. The second-order valence-corrected chi connectivity index (χ2v) is 4.47. The number of aromatic amines is 1. The number of hydrogen-bond donors (Lipinski definition) is 2. The van der Waals surface area contributed by atoms with Crippen LogP contribution in [0.25, 0.3) is 11.4 Å². The summed E-state index contributed by atoms with van der Waals surface area (Å²) in [4.78, 5) is 15.8. The Balaban J connectivity index is 2.00. The number of H-pyrrole nitrogens is 1. The summed E-state index contributed by atoms with van der Waals surface area (Å²) in [5.41, 5.74) is 1.73. The molecule has 0 aliphatic heterocycles. The van der Waals surface area contributed by atoms with Gasteiger partial charge in [0.15, 0.2) is 5.82 Å². The van der Waals surface area contributed by atoms with Crippen LogP contribution in [0.5, 0.6) is 0 Å². The molecule has 1 aromatic heterocycles. The Kier molecular flexibility index (Phi) is 4.28. The second-order valence-electron chi connectivity index (χ2n) is 4.47. The van der Waals surface area contributed by atoms with Crippen molar-refractivity contribution in [2.75, 3.05) is 5.32 Å². The lowest BCUT2D eigenvalue weighted by molar-refractivity contribution is -0.116. The van der Waals surface area contributed by atoms with Crippen LogP contribution in [-0.2, 0) is 4.79 Å². The van der Waals surface area contributed by atoms with Crippen LogP contribution in [0.3, 0.4) is 0 Å². The SMILES string of the molecule is CCCCC(=O)Nc1ccc(-c2n[nH]c(C)n2)cc1. The van der Waals surface area contributed by atoms with E-state index in [1.807, 2.05) is 31.2 Å². The van der Waals surface area contributed by atoms with Crippen LogP contribution in [0.15, 0.2) is 24.3 Å². The quantitative estimate of drug-likeness (QED) is 0.866. The molecule has 0 aliphatic rings. The lowest BCUT2D eigenvalue weighted by Crippen LogP contribution is -2.10. The molecule has 2 rings (SSSR count). The third-order valence-corrected chi connectivity index (χ3v) is 2.78. The van der Waals surface area contributed by atoms with E-state index in [1.54, 1.807) is 0 Å². The molecule has 0 bridgehead atoms. The van der Waals surface area contributed by atoms with Gasteiger partial charge < -0.3 is 5.32 Å². The molecule has 0 unspecified atom stereocenters. The smallest absolute Gasteiger partial charge is 0.224 e. The first-order valence-corrected chi connectivity index (χ1v) is 6.48. The molecule has 2 aromatic rings. The third-order valence-electron chi connectivity index (χ3n) is 2.78. The zero-order valence-corrected chi connectivity index (χ0v) is 11.2. The van der Waals surface area contributed by atoms with E-state index in [1.165, 1.54) is 0 Å². The van der Waals surface area contributed by atoms with Gasteiger partial charge in [0.2, 0.25) is 5.91 Å². The third kappa shape index (κ3) is 3.64. The number of unbranched alkanes of at least 4 members (excludes halogenated alkanes) is 1. The first-order valence-electron chi connectivity index (χ1n) is 6.48. The molecule has 0 atom stereocenters. The van der Waals surface area contributed by atoms with Gasteiger partial charge in [0, 0.05) is 17.7 Å². The summed E-state index contributed by atoms with van der Waals surface area (Å²) in [6, 6.07) is 7.53. The van der Waals surface area contributed by atoms with Crippen LogP contribution < -0.4 is 5.32 Å². The molecule has 1 amide bonds. The monoisotopic (exact) mass is 258 g/mol. The fourth-order valence-corrected chi connectivity index (χ4v) is 1.74. The minimum Gasteiger partial charge on any atom is -0.326 e. The summed E-state index contributed by atoms with van der Waals surface area (Å²) in [5.74, 6) is 1.51. The summed E-state index contributed by atoms with van der Waals surface area (Å²) in [6.45, 7) is 3.93. The van der Waals surface area contributed by atoms with E-state index in [9.17, 15) is 4.79 Å². The molecule has 0 radical (unpaired) electrons. The molecular weight excluding hydrogens is 240 g/mol. The van der Waals surface area contributed by atoms with Crippen LogP contribution >= 0.6 is 0 Å². The van der Waals surface area contributed by atoms with Crippen LogP contribution in [0.4, 0.5) is 5.69 Å². The number of nitrogens with zero attached hydrogens (tertiary/aromatic N) is 2. The van der Waals surface area contributed by atoms with E-state index in [4.69, 9.17) is 0 Å². The van der Waals surface area contributed by atoms with Gasteiger partial charge in [-0.2, -0.15) is 5.10 Å². The van der Waals surface area contributed by atoms with Gasteiger partial charge in [-0.1, -0.05) is 13.3 Å². The van der Waals surface area contributed by atoms with Crippen molar-refractivity contribution in [3.63, 3.8) is 0 Å². The predicted molar refractivity (Wildman–Crippen MR) is 74.7 cm³/mol. The summed E-state index contributed by atoms with van der Waals surface area (Å²) in [5, 5.41) is 9.77. The van der Waals surface area contributed by atoms with Gasteiger partial charge in [-0.15, -0.1) is 0 Å². The maximum absolute atomic E-state index is 11.6. The summed E-state index contributed by atoms with van der Waals surface area (Å²) in [7, 11) is 0. The first-order chi connectivity index (χ1) is 9.19. The van der Waals surface area contributed by atoms with Gasteiger partial charge in [-0.3, -0.25) is 9.89 Å². The van der Waals surface area contributed by atoms with Crippen LogP contribution in [0.1, 0.15) is 32.0 Å². The zero-order chi connectivity index (χ0) is 13.7. The minimum atomic E-state index is 0.0586. The van der Waals surface area contributed by atoms with E-state index >= 15 is 0 Å². The fourth-order valence-electron chi connectivity index (χ4n) is 1.74.